The summed E-state index contributed by atoms with van der Waals surface area (Å²) in [5.74, 6) is -0.250. The van der Waals surface area contributed by atoms with Gasteiger partial charge in [-0.05, 0) is 49.2 Å². The predicted octanol–water partition coefficient (Wildman–Crippen LogP) is 4.39. The minimum atomic E-state index is -1.93. The fourth-order valence-electron chi connectivity index (χ4n) is 3.44. The third-order valence-electron chi connectivity index (χ3n) is 5.09. The lowest BCUT2D eigenvalue weighted by atomic mass is 9.80. The van der Waals surface area contributed by atoms with Gasteiger partial charge in [-0.15, -0.1) is 0 Å². The Bertz CT molecular complexity index is 987. The molecule has 0 bridgehead atoms. The molecule has 1 aliphatic heterocycles. The number of hydrogen-bond donors (Lipinski definition) is 1. The van der Waals surface area contributed by atoms with Gasteiger partial charge in [0.2, 0.25) is 0 Å². The average Bonchev–Trinajstić information content (AvgIpc) is 2.81. The van der Waals surface area contributed by atoms with Crippen LogP contribution in [0.15, 0.2) is 64.8 Å². The van der Waals surface area contributed by atoms with Gasteiger partial charge in [-0.3, -0.25) is 0 Å². The second-order valence-corrected chi connectivity index (χ2v) is 7.05. The Morgan fingerprint density at radius 1 is 1.16 bits per heavy atom. The Hall–Kier alpha value is -3.93. The molecule has 9 heteroatoms. The molecule has 0 spiro atoms. The van der Waals surface area contributed by atoms with Crippen LogP contribution in [0.4, 0.5) is 10.5 Å². The van der Waals surface area contributed by atoms with E-state index >= 15 is 0 Å². The number of azo groups is 1. The number of carboxylic acid groups (broad SMARTS) is 1. The quantitative estimate of drug-likeness (QED) is 0.544. The summed E-state index contributed by atoms with van der Waals surface area (Å²) in [6.45, 7) is 0.343. The molecule has 0 aliphatic carbocycles. The Kier molecular flexibility index (Phi) is 6.82. The maximum Gasteiger partial charge on any atom is 0.407 e. The summed E-state index contributed by atoms with van der Waals surface area (Å²) in [5.41, 5.74) is -1.52. The van der Waals surface area contributed by atoms with Gasteiger partial charge in [-0.1, -0.05) is 18.2 Å². The molecule has 2 aromatic rings. The summed E-state index contributed by atoms with van der Waals surface area (Å²) >= 11 is 0. The minimum absolute atomic E-state index is 0.000860. The molecule has 2 atom stereocenters. The Labute approximate surface area is 179 Å². The first kappa shape index (κ1) is 21.8. The number of para-hydroxylation sites is 1. The summed E-state index contributed by atoms with van der Waals surface area (Å²) in [6, 6.07) is 17.9. The monoisotopic (exact) mass is 422 g/mol. The van der Waals surface area contributed by atoms with Crippen molar-refractivity contribution in [3.63, 3.8) is 0 Å². The highest BCUT2D eigenvalue weighted by Gasteiger charge is 2.50. The zero-order valence-electron chi connectivity index (χ0n) is 17.0. The fourth-order valence-corrected chi connectivity index (χ4v) is 3.44. The number of benzene rings is 2. The molecule has 9 nitrogen and oxygen atoms in total. The minimum Gasteiger partial charge on any atom is -0.466 e. The highest BCUT2D eigenvalue weighted by Crippen LogP contribution is 2.33. The lowest BCUT2D eigenvalue weighted by Gasteiger charge is -2.35. The summed E-state index contributed by atoms with van der Waals surface area (Å²) in [5, 5.41) is 27.3. The summed E-state index contributed by atoms with van der Waals surface area (Å²) < 4.78 is 10.6. The molecule has 1 heterocycles. The highest BCUT2D eigenvalue weighted by molar-refractivity contribution is 5.85. The first-order valence-corrected chi connectivity index (χ1v) is 9.72. The van der Waals surface area contributed by atoms with Gasteiger partial charge >= 0.3 is 12.1 Å². The Morgan fingerprint density at radius 2 is 1.84 bits per heavy atom. The lowest BCUT2D eigenvalue weighted by Crippen LogP contribution is -2.52. The molecule has 2 unspecified atom stereocenters. The number of nitriles is 1. The number of hydrogen-bond acceptors (Lipinski definition) is 7. The van der Waals surface area contributed by atoms with Gasteiger partial charge in [-0.25, -0.2) is 9.59 Å². The number of amides is 1. The van der Waals surface area contributed by atoms with E-state index in [0.717, 1.165) is 7.11 Å². The lowest BCUT2D eigenvalue weighted by molar-refractivity contribution is -0.147. The number of carbonyl (C=O) groups is 2. The first-order valence-electron chi connectivity index (χ1n) is 9.72. The van der Waals surface area contributed by atoms with E-state index in [9.17, 15) is 20.0 Å². The summed E-state index contributed by atoms with van der Waals surface area (Å²) in [4.78, 5) is 25.1. The number of ether oxygens (including phenoxy) is 2. The standard InChI is InChI=1S/C22H22N4O5/c1-30-20(27)22(15-23,16-6-5-13-26(14-16)21(28)29)25-24-17-9-11-19(12-10-17)31-18-7-3-2-4-8-18/h2-4,7-12,16H,5-6,13-14H2,1H3,(H,28,29). The Morgan fingerprint density at radius 3 is 2.45 bits per heavy atom. The maximum atomic E-state index is 12.5. The molecule has 1 saturated heterocycles. The number of piperidine rings is 1. The van der Waals surface area contributed by atoms with Crippen molar-refractivity contribution in [2.75, 3.05) is 20.2 Å². The maximum absolute atomic E-state index is 12.5. The first-order chi connectivity index (χ1) is 15.0. The van der Waals surface area contributed by atoms with Gasteiger partial charge in [-0.2, -0.15) is 15.5 Å². The summed E-state index contributed by atoms with van der Waals surface area (Å²) in [7, 11) is 1.16. The van der Waals surface area contributed by atoms with E-state index < -0.39 is 23.5 Å². The van der Waals surface area contributed by atoms with Crippen LogP contribution in [0.1, 0.15) is 12.8 Å². The number of nitrogens with zero attached hydrogens (tertiary/aromatic N) is 4. The molecule has 0 radical (unpaired) electrons. The van der Waals surface area contributed by atoms with Crippen LogP contribution < -0.4 is 4.74 Å². The van der Waals surface area contributed by atoms with Gasteiger partial charge in [0.1, 0.15) is 17.6 Å². The van der Waals surface area contributed by atoms with Crippen LogP contribution in [0, 0.1) is 17.2 Å². The number of likely N-dealkylation sites (tertiary alicyclic amines) is 1. The van der Waals surface area contributed by atoms with E-state index in [-0.39, 0.29) is 6.54 Å². The zero-order valence-corrected chi connectivity index (χ0v) is 17.0. The average molecular weight is 422 g/mol. The molecule has 1 amide bonds. The number of carbonyl (C=O) groups excluding carboxylic acids is 1. The van der Waals surface area contributed by atoms with Crippen molar-refractivity contribution < 1.29 is 24.2 Å². The fraction of sp³-hybridized carbons (Fsp3) is 0.318. The van der Waals surface area contributed by atoms with Crippen LogP contribution in [-0.4, -0.2) is 47.8 Å². The molecule has 0 saturated carbocycles. The molecule has 1 N–H and O–H groups in total. The van der Waals surface area contributed by atoms with Crippen LogP contribution in [0.3, 0.4) is 0 Å². The van der Waals surface area contributed by atoms with Crippen molar-refractivity contribution in [3.05, 3.63) is 54.6 Å². The number of esters is 1. The smallest absolute Gasteiger partial charge is 0.407 e. The van der Waals surface area contributed by atoms with Gasteiger partial charge in [0.15, 0.2) is 0 Å². The number of rotatable bonds is 6. The van der Waals surface area contributed by atoms with Crippen molar-refractivity contribution in [1.82, 2.24) is 4.90 Å². The highest BCUT2D eigenvalue weighted by atomic mass is 16.5. The summed E-state index contributed by atoms with van der Waals surface area (Å²) in [6.07, 6.45) is -0.138. The van der Waals surface area contributed by atoms with Crippen molar-refractivity contribution in [2.24, 2.45) is 16.1 Å². The van der Waals surface area contributed by atoms with E-state index in [1.807, 2.05) is 36.4 Å². The molecule has 1 aliphatic rings. The van der Waals surface area contributed by atoms with Gasteiger partial charge in [0, 0.05) is 19.0 Å². The molecule has 3 rings (SSSR count). The third kappa shape index (κ3) is 4.98. The molecule has 2 aromatic carbocycles. The molecule has 31 heavy (non-hydrogen) atoms. The molecular formula is C22H22N4O5. The van der Waals surface area contributed by atoms with Gasteiger partial charge in [0.05, 0.1) is 12.8 Å². The molecule has 160 valence electrons. The number of methoxy groups -OCH3 is 1. The second kappa shape index (κ2) is 9.71. The van der Waals surface area contributed by atoms with E-state index in [1.165, 1.54) is 4.90 Å². The van der Waals surface area contributed by atoms with Crippen molar-refractivity contribution >= 4 is 17.7 Å². The van der Waals surface area contributed by atoms with Gasteiger partial charge in [0.25, 0.3) is 5.54 Å². The van der Waals surface area contributed by atoms with Crippen LogP contribution in [0.25, 0.3) is 0 Å². The Balaban J connectivity index is 1.81. The van der Waals surface area contributed by atoms with Crippen molar-refractivity contribution in [1.29, 1.82) is 5.26 Å². The van der Waals surface area contributed by atoms with Crippen LogP contribution >= 0.6 is 0 Å². The normalized spacial score (nSPS) is 18.1. The zero-order chi connectivity index (χ0) is 22.3. The topological polar surface area (TPSA) is 125 Å². The van der Waals surface area contributed by atoms with Crippen molar-refractivity contribution in [2.45, 2.75) is 18.4 Å². The van der Waals surface area contributed by atoms with Crippen LogP contribution in [0.2, 0.25) is 0 Å². The molecule has 1 fully saturated rings. The SMILES string of the molecule is COC(=O)C(C#N)(N=Nc1ccc(Oc2ccccc2)cc1)C1CCCN(C(=O)O)C1. The van der Waals surface area contributed by atoms with E-state index in [1.54, 1.807) is 24.3 Å². The van der Waals surface area contributed by atoms with E-state index in [0.29, 0.717) is 36.6 Å². The van der Waals surface area contributed by atoms with E-state index in [2.05, 4.69) is 10.2 Å². The molecule has 0 aromatic heterocycles. The second-order valence-electron chi connectivity index (χ2n) is 7.05. The van der Waals surface area contributed by atoms with Gasteiger partial charge < -0.3 is 19.5 Å². The third-order valence-corrected chi connectivity index (χ3v) is 5.09. The van der Waals surface area contributed by atoms with Crippen LogP contribution in [0.5, 0.6) is 11.5 Å². The van der Waals surface area contributed by atoms with Crippen LogP contribution in [-0.2, 0) is 9.53 Å². The largest absolute Gasteiger partial charge is 0.466 e. The predicted molar refractivity (Wildman–Crippen MR) is 110 cm³/mol. The van der Waals surface area contributed by atoms with E-state index in [4.69, 9.17) is 9.47 Å². The molecular weight excluding hydrogens is 400 g/mol. The van der Waals surface area contributed by atoms with Crippen molar-refractivity contribution in [3.8, 4) is 17.6 Å².